The Morgan fingerprint density at radius 1 is 1.33 bits per heavy atom. The van der Waals surface area contributed by atoms with Gasteiger partial charge in [-0.05, 0) is 18.6 Å². The molecule has 1 amide bonds. The third-order valence-corrected chi connectivity index (χ3v) is 3.79. The van der Waals surface area contributed by atoms with E-state index in [0.717, 1.165) is 5.56 Å². The molecule has 0 saturated heterocycles. The Balaban J connectivity index is 1.50. The number of hydrogen-bond donors (Lipinski definition) is 2. The van der Waals surface area contributed by atoms with Crippen LogP contribution in [0.5, 0.6) is 0 Å². The molecule has 2 heterocycles. The second-order valence-electron chi connectivity index (χ2n) is 4.91. The number of carbonyl (C=O) groups is 1. The van der Waals surface area contributed by atoms with Crippen molar-refractivity contribution in [3.63, 3.8) is 0 Å². The van der Waals surface area contributed by atoms with Crippen LogP contribution in [-0.2, 0) is 4.79 Å². The van der Waals surface area contributed by atoms with Crippen molar-refractivity contribution in [1.29, 1.82) is 0 Å². The molecule has 0 radical (unpaired) electrons. The summed E-state index contributed by atoms with van der Waals surface area (Å²) in [7, 11) is 0. The van der Waals surface area contributed by atoms with Crippen molar-refractivity contribution in [3.8, 4) is 0 Å². The first-order valence-corrected chi connectivity index (χ1v) is 8.19. The van der Waals surface area contributed by atoms with Crippen molar-refractivity contribution in [2.24, 2.45) is 0 Å². The van der Waals surface area contributed by atoms with E-state index in [1.807, 2.05) is 42.5 Å². The molecule has 24 heavy (non-hydrogen) atoms. The van der Waals surface area contributed by atoms with Crippen LogP contribution in [0.1, 0.15) is 17.1 Å². The predicted octanol–water partition coefficient (Wildman–Crippen LogP) is 3.00. The number of nitrogens with zero attached hydrogens (tertiary/aromatic N) is 3. The molecule has 1 aromatic carbocycles. The summed E-state index contributed by atoms with van der Waals surface area (Å²) in [6.07, 6.45) is 3.78. The van der Waals surface area contributed by atoms with Gasteiger partial charge in [0.05, 0.1) is 5.75 Å². The van der Waals surface area contributed by atoms with Crippen molar-refractivity contribution in [2.45, 2.75) is 12.1 Å². The fourth-order valence-corrected chi connectivity index (χ4v) is 2.48. The second-order valence-corrected chi connectivity index (χ2v) is 5.85. The standard InChI is InChI=1S/C16H15N5O2S/c1-11-9-14(21-23-11)17-15(22)10-24-16-18-13(19-20-16)8-7-12-5-3-2-4-6-12/h2-9H,10H2,1H3,(H,17,21,22)(H,18,19,20)/b8-7+. The van der Waals surface area contributed by atoms with Gasteiger partial charge in [0.2, 0.25) is 11.1 Å². The number of nitrogens with one attached hydrogen (secondary N) is 2. The molecular formula is C16H15N5O2S. The minimum absolute atomic E-state index is 0.186. The molecule has 0 atom stereocenters. The molecule has 8 heteroatoms. The first kappa shape index (κ1) is 16.0. The number of thioether (sulfide) groups is 1. The first-order chi connectivity index (χ1) is 11.7. The second kappa shape index (κ2) is 7.60. The largest absolute Gasteiger partial charge is 0.360 e. The maximum atomic E-state index is 11.8. The number of carbonyl (C=O) groups excluding carboxylic acids is 1. The molecule has 3 rings (SSSR count). The summed E-state index contributed by atoms with van der Waals surface area (Å²) in [6, 6.07) is 11.6. The molecule has 0 fully saturated rings. The zero-order chi connectivity index (χ0) is 16.8. The molecule has 122 valence electrons. The van der Waals surface area contributed by atoms with Crippen LogP contribution in [0.4, 0.5) is 5.82 Å². The third-order valence-electron chi connectivity index (χ3n) is 2.94. The number of rotatable bonds is 6. The van der Waals surface area contributed by atoms with Gasteiger partial charge in [-0.25, -0.2) is 4.98 Å². The SMILES string of the molecule is Cc1cc(NC(=O)CSc2n[nH]c(/C=C/c3ccccc3)n2)no1. The van der Waals surface area contributed by atoms with E-state index in [-0.39, 0.29) is 11.7 Å². The van der Waals surface area contributed by atoms with Crippen molar-refractivity contribution in [2.75, 3.05) is 11.1 Å². The molecule has 0 aliphatic rings. The molecule has 0 spiro atoms. The normalized spacial score (nSPS) is 11.0. The van der Waals surface area contributed by atoms with Gasteiger partial charge in [0.25, 0.3) is 0 Å². The van der Waals surface area contributed by atoms with Gasteiger partial charge in [-0.15, -0.1) is 5.10 Å². The Labute approximate surface area is 142 Å². The molecular weight excluding hydrogens is 326 g/mol. The number of amides is 1. The summed E-state index contributed by atoms with van der Waals surface area (Å²) < 4.78 is 4.89. The van der Waals surface area contributed by atoms with Crippen molar-refractivity contribution < 1.29 is 9.32 Å². The van der Waals surface area contributed by atoms with E-state index in [1.165, 1.54) is 11.8 Å². The van der Waals surface area contributed by atoms with Crippen molar-refractivity contribution >= 4 is 35.6 Å². The number of aryl methyl sites for hydroxylation is 1. The molecule has 7 nitrogen and oxygen atoms in total. The van der Waals surface area contributed by atoms with Crippen LogP contribution in [0.25, 0.3) is 12.2 Å². The van der Waals surface area contributed by atoms with Crippen molar-refractivity contribution in [3.05, 3.63) is 53.5 Å². The predicted molar refractivity (Wildman–Crippen MR) is 92.3 cm³/mol. The third kappa shape index (κ3) is 4.56. The van der Waals surface area contributed by atoms with Crippen LogP contribution >= 0.6 is 11.8 Å². The molecule has 0 unspecified atom stereocenters. The Bertz CT molecular complexity index is 841. The average Bonchev–Trinajstić information content (AvgIpc) is 3.21. The highest BCUT2D eigenvalue weighted by Gasteiger charge is 2.09. The Morgan fingerprint density at radius 3 is 2.92 bits per heavy atom. The van der Waals surface area contributed by atoms with Gasteiger partial charge < -0.3 is 9.84 Å². The maximum Gasteiger partial charge on any atom is 0.236 e. The summed E-state index contributed by atoms with van der Waals surface area (Å²) in [6.45, 7) is 1.76. The van der Waals surface area contributed by atoms with Gasteiger partial charge in [-0.1, -0.05) is 53.3 Å². The fourth-order valence-electron chi connectivity index (χ4n) is 1.87. The quantitative estimate of drug-likeness (QED) is 0.669. The lowest BCUT2D eigenvalue weighted by molar-refractivity contribution is -0.113. The summed E-state index contributed by atoms with van der Waals surface area (Å²) in [5.74, 6) is 1.67. The summed E-state index contributed by atoms with van der Waals surface area (Å²) in [4.78, 5) is 16.1. The van der Waals surface area contributed by atoms with E-state index in [2.05, 4.69) is 25.7 Å². The van der Waals surface area contributed by atoms with Gasteiger partial charge in [-0.3, -0.25) is 9.89 Å². The highest BCUT2D eigenvalue weighted by Crippen LogP contribution is 2.14. The van der Waals surface area contributed by atoms with E-state index in [0.29, 0.717) is 22.6 Å². The maximum absolute atomic E-state index is 11.8. The summed E-state index contributed by atoms with van der Waals surface area (Å²) >= 11 is 1.24. The van der Waals surface area contributed by atoms with E-state index in [9.17, 15) is 4.79 Å². The summed E-state index contributed by atoms with van der Waals surface area (Å²) in [5, 5.41) is 13.8. The Kier molecular flexibility index (Phi) is 5.07. The Morgan fingerprint density at radius 2 is 2.17 bits per heavy atom. The van der Waals surface area contributed by atoms with Gasteiger partial charge in [0.15, 0.2) is 5.82 Å². The number of anilines is 1. The molecule has 2 N–H and O–H groups in total. The lowest BCUT2D eigenvalue weighted by Gasteiger charge is -1.98. The van der Waals surface area contributed by atoms with Crippen LogP contribution in [0.3, 0.4) is 0 Å². The monoisotopic (exact) mass is 341 g/mol. The fraction of sp³-hybridized carbons (Fsp3) is 0.125. The zero-order valence-electron chi connectivity index (χ0n) is 12.9. The van der Waals surface area contributed by atoms with E-state index in [4.69, 9.17) is 4.52 Å². The number of hydrogen-bond acceptors (Lipinski definition) is 6. The number of H-pyrrole nitrogens is 1. The Hall–Kier alpha value is -2.87. The number of aromatic nitrogens is 4. The average molecular weight is 341 g/mol. The van der Waals surface area contributed by atoms with Gasteiger partial charge in [-0.2, -0.15) is 0 Å². The first-order valence-electron chi connectivity index (χ1n) is 7.20. The molecule has 0 aliphatic carbocycles. The highest BCUT2D eigenvalue weighted by atomic mass is 32.2. The molecule has 0 bridgehead atoms. The lowest BCUT2D eigenvalue weighted by Crippen LogP contribution is -2.14. The molecule has 0 aliphatic heterocycles. The summed E-state index contributed by atoms with van der Waals surface area (Å²) in [5.41, 5.74) is 1.07. The lowest BCUT2D eigenvalue weighted by atomic mass is 10.2. The topological polar surface area (TPSA) is 96.7 Å². The van der Waals surface area contributed by atoms with Gasteiger partial charge >= 0.3 is 0 Å². The molecule has 0 saturated carbocycles. The van der Waals surface area contributed by atoms with E-state index < -0.39 is 0 Å². The van der Waals surface area contributed by atoms with Crippen molar-refractivity contribution in [1.82, 2.24) is 20.3 Å². The van der Waals surface area contributed by atoms with E-state index >= 15 is 0 Å². The van der Waals surface area contributed by atoms with Crippen LogP contribution in [0.15, 0.2) is 46.1 Å². The van der Waals surface area contributed by atoms with Crippen LogP contribution < -0.4 is 5.32 Å². The van der Waals surface area contributed by atoms with E-state index in [1.54, 1.807) is 13.0 Å². The van der Waals surface area contributed by atoms with Crippen LogP contribution in [-0.4, -0.2) is 32.0 Å². The van der Waals surface area contributed by atoms with Crippen LogP contribution in [0, 0.1) is 6.92 Å². The smallest absolute Gasteiger partial charge is 0.236 e. The van der Waals surface area contributed by atoms with Gasteiger partial charge in [0, 0.05) is 6.07 Å². The highest BCUT2D eigenvalue weighted by molar-refractivity contribution is 7.99. The molecule has 3 aromatic rings. The van der Waals surface area contributed by atoms with Crippen LogP contribution in [0.2, 0.25) is 0 Å². The minimum Gasteiger partial charge on any atom is -0.360 e. The number of benzene rings is 1. The zero-order valence-corrected chi connectivity index (χ0v) is 13.7. The number of aromatic amines is 1. The molecule has 2 aromatic heterocycles. The van der Waals surface area contributed by atoms with Gasteiger partial charge in [0.1, 0.15) is 11.6 Å². The minimum atomic E-state index is -0.195.